The molecule has 0 unspecified atom stereocenters. The Balaban J connectivity index is 1.64. The molecule has 2 aromatic rings. The molecule has 0 aromatic carbocycles. The van der Waals surface area contributed by atoms with Crippen LogP contribution < -0.4 is 5.32 Å². The van der Waals surface area contributed by atoms with Gasteiger partial charge in [0.25, 0.3) is 0 Å². The van der Waals surface area contributed by atoms with E-state index in [0.29, 0.717) is 11.7 Å². The summed E-state index contributed by atoms with van der Waals surface area (Å²) in [7, 11) is 1.72. The molecule has 1 N–H and O–H groups in total. The van der Waals surface area contributed by atoms with Crippen molar-refractivity contribution in [2.45, 2.75) is 25.9 Å². The number of anilines is 1. The first-order valence-electron chi connectivity index (χ1n) is 5.93. The minimum atomic E-state index is -0.230. The Morgan fingerprint density at radius 2 is 2.42 bits per heavy atom. The van der Waals surface area contributed by atoms with Crippen molar-refractivity contribution in [2.75, 3.05) is 12.4 Å². The van der Waals surface area contributed by atoms with Crippen molar-refractivity contribution in [1.29, 1.82) is 0 Å². The SMILES string of the molecule is CN(Cc1nnc2n1CCC2)C(=O)Nc1nncs1. The van der Waals surface area contributed by atoms with Gasteiger partial charge in [0.1, 0.15) is 11.3 Å². The lowest BCUT2D eigenvalue weighted by molar-refractivity contribution is 0.219. The Hall–Kier alpha value is -2.03. The molecule has 0 saturated carbocycles. The lowest BCUT2D eigenvalue weighted by atomic mass is 10.4. The van der Waals surface area contributed by atoms with Crippen molar-refractivity contribution in [3.63, 3.8) is 0 Å². The third-order valence-electron chi connectivity index (χ3n) is 2.99. The minimum Gasteiger partial charge on any atom is -0.320 e. The van der Waals surface area contributed by atoms with Crippen LogP contribution in [0.25, 0.3) is 0 Å². The molecule has 9 heteroatoms. The predicted octanol–water partition coefficient (Wildman–Crippen LogP) is 0.740. The Bertz CT molecular complexity index is 579. The van der Waals surface area contributed by atoms with Gasteiger partial charge >= 0.3 is 6.03 Å². The second kappa shape index (κ2) is 4.92. The minimum absolute atomic E-state index is 0.230. The van der Waals surface area contributed by atoms with Crippen molar-refractivity contribution in [2.24, 2.45) is 0 Å². The van der Waals surface area contributed by atoms with Gasteiger partial charge in [-0.15, -0.1) is 20.4 Å². The van der Waals surface area contributed by atoms with Crippen LogP contribution in [-0.4, -0.2) is 42.9 Å². The van der Waals surface area contributed by atoms with Gasteiger partial charge in [-0.25, -0.2) is 4.79 Å². The number of amides is 2. The molecule has 1 aliphatic heterocycles. The lowest BCUT2D eigenvalue weighted by Gasteiger charge is -2.16. The van der Waals surface area contributed by atoms with Gasteiger partial charge in [-0.1, -0.05) is 11.3 Å². The summed E-state index contributed by atoms with van der Waals surface area (Å²) in [5.41, 5.74) is 1.57. The zero-order chi connectivity index (χ0) is 13.2. The van der Waals surface area contributed by atoms with E-state index < -0.39 is 0 Å². The second-order valence-corrected chi connectivity index (χ2v) is 5.15. The van der Waals surface area contributed by atoms with E-state index in [1.165, 1.54) is 11.3 Å². The molecular formula is C10H13N7OS. The molecule has 0 fully saturated rings. The molecule has 2 aromatic heterocycles. The summed E-state index contributed by atoms with van der Waals surface area (Å²) in [5, 5.41) is 18.8. The van der Waals surface area contributed by atoms with Gasteiger partial charge < -0.3 is 9.47 Å². The fraction of sp³-hybridized carbons (Fsp3) is 0.500. The Kier molecular flexibility index (Phi) is 3.11. The van der Waals surface area contributed by atoms with Crippen LogP contribution in [-0.2, 0) is 19.5 Å². The zero-order valence-corrected chi connectivity index (χ0v) is 11.2. The van der Waals surface area contributed by atoms with E-state index in [-0.39, 0.29) is 6.03 Å². The summed E-state index contributed by atoms with van der Waals surface area (Å²) in [6.45, 7) is 1.36. The second-order valence-electron chi connectivity index (χ2n) is 4.32. The predicted molar refractivity (Wildman–Crippen MR) is 68.7 cm³/mol. The average Bonchev–Trinajstić information content (AvgIpc) is 3.07. The smallest absolute Gasteiger partial charge is 0.320 e. The van der Waals surface area contributed by atoms with Crippen molar-refractivity contribution in [1.82, 2.24) is 29.9 Å². The number of urea groups is 1. The molecule has 0 aliphatic carbocycles. The van der Waals surface area contributed by atoms with Crippen molar-refractivity contribution in [3.8, 4) is 0 Å². The summed E-state index contributed by atoms with van der Waals surface area (Å²) in [6, 6.07) is -0.230. The van der Waals surface area contributed by atoms with E-state index in [1.807, 2.05) is 0 Å². The molecule has 0 atom stereocenters. The van der Waals surface area contributed by atoms with Crippen LogP contribution >= 0.6 is 11.3 Å². The number of nitrogens with one attached hydrogen (secondary N) is 1. The molecule has 3 rings (SSSR count). The highest BCUT2D eigenvalue weighted by atomic mass is 32.1. The van der Waals surface area contributed by atoms with Gasteiger partial charge in [-0.2, -0.15) is 0 Å². The summed E-state index contributed by atoms with van der Waals surface area (Å²) in [6.07, 6.45) is 2.06. The molecule has 100 valence electrons. The molecule has 1 aliphatic rings. The number of aryl methyl sites for hydroxylation is 1. The Labute approximate surface area is 113 Å². The van der Waals surface area contributed by atoms with Gasteiger partial charge in [0.15, 0.2) is 5.82 Å². The summed E-state index contributed by atoms with van der Waals surface area (Å²) in [4.78, 5) is 13.5. The Morgan fingerprint density at radius 3 is 3.21 bits per heavy atom. The fourth-order valence-electron chi connectivity index (χ4n) is 2.03. The van der Waals surface area contributed by atoms with E-state index >= 15 is 0 Å². The molecular weight excluding hydrogens is 266 g/mol. The molecule has 2 amide bonds. The maximum Gasteiger partial charge on any atom is 0.323 e. The van der Waals surface area contributed by atoms with Gasteiger partial charge in [0.2, 0.25) is 5.13 Å². The van der Waals surface area contributed by atoms with E-state index in [4.69, 9.17) is 0 Å². The highest BCUT2D eigenvalue weighted by molar-refractivity contribution is 7.13. The van der Waals surface area contributed by atoms with Gasteiger partial charge in [-0.3, -0.25) is 5.32 Å². The fourth-order valence-corrected chi connectivity index (χ4v) is 2.46. The van der Waals surface area contributed by atoms with Crippen LogP contribution in [0, 0.1) is 0 Å². The number of carbonyl (C=O) groups excluding carboxylic acids is 1. The number of aromatic nitrogens is 5. The maximum atomic E-state index is 11.9. The summed E-state index contributed by atoms with van der Waals surface area (Å²) in [5.74, 6) is 1.83. The van der Waals surface area contributed by atoms with Crippen LogP contribution in [0.1, 0.15) is 18.1 Å². The van der Waals surface area contributed by atoms with Crippen LogP contribution in [0.5, 0.6) is 0 Å². The standard InChI is InChI=1S/C10H13N7OS/c1-16(10(18)12-9-15-11-6-19-9)5-8-14-13-7-3-2-4-17(7)8/h6H,2-5H2,1H3,(H,12,15,18). The third-order valence-corrected chi connectivity index (χ3v) is 3.59. The van der Waals surface area contributed by atoms with E-state index in [9.17, 15) is 4.79 Å². The van der Waals surface area contributed by atoms with Crippen LogP contribution in [0.2, 0.25) is 0 Å². The number of nitrogens with zero attached hydrogens (tertiary/aromatic N) is 6. The number of fused-ring (bicyclic) bond motifs is 1. The van der Waals surface area contributed by atoms with E-state index in [2.05, 4.69) is 30.3 Å². The normalized spacial score (nSPS) is 13.3. The first-order chi connectivity index (χ1) is 9.24. The molecule has 3 heterocycles. The number of rotatable bonds is 3. The van der Waals surface area contributed by atoms with Gasteiger partial charge in [0.05, 0.1) is 6.54 Å². The lowest BCUT2D eigenvalue weighted by Crippen LogP contribution is -2.31. The van der Waals surface area contributed by atoms with Crippen LogP contribution in [0.3, 0.4) is 0 Å². The van der Waals surface area contributed by atoms with E-state index in [1.54, 1.807) is 17.5 Å². The monoisotopic (exact) mass is 279 g/mol. The maximum absolute atomic E-state index is 11.9. The Morgan fingerprint density at radius 1 is 1.53 bits per heavy atom. The van der Waals surface area contributed by atoms with Crippen LogP contribution in [0.15, 0.2) is 5.51 Å². The summed E-state index contributed by atoms with van der Waals surface area (Å²) >= 11 is 1.28. The quantitative estimate of drug-likeness (QED) is 0.895. The first kappa shape index (κ1) is 12.0. The molecule has 0 radical (unpaired) electrons. The zero-order valence-electron chi connectivity index (χ0n) is 10.4. The molecule has 0 saturated heterocycles. The number of hydrogen-bond donors (Lipinski definition) is 1. The average molecular weight is 279 g/mol. The summed E-state index contributed by atoms with van der Waals surface area (Å²) < 4.78 is 2.08. The van der Waals surface area contributed by atoms with Crippen molar-refractivity contribution in [3.05, 3.63) is 17.2 Å². The number of hydrogen-bond acceptors (Lipinski definition) is 6. The van der Waals surface area contributed by atoms with Crippen molar-refractivity contribution >= 4 is 22.5 Å². The van der Waals surface area contributed by atoms with Gasteiger partial charge in [-0.05, 0) is 6.42 Å². The molecule has 19 heavy (non-hydrogen) atoms. The van der Waals surface area contributed by atoms with E-state index in [0.717, 1.165) is 31.0 Å². The first-order valence-corrected chi connectivity index (χ1v) is 6.81. The van der Waals surface area contributed by atoms with Gasteiger partial charge in [0, 0.05) is 20.0 Å². The highest BCUT2D eigenvalue weighted by Gasteiger charge is 2.20. The third kappa shape index (κ3) is 2.41. The molecule has 0 bridgehead atoms. The highest BCUT2D eigenvalue weighted by Crippen LogP contribution is 2.15. The molecule has 8 nitrogen and oxygen atoms in total. The topological polar surface area (TPSA) is 88.8 Å². The molecule has 0 spiro atoms. The van der Waals surface area contributed by atoms with Crippen molar-refractivity contribution < 1.29 is 4.79 Å². The van der Waals surface area contributed by atoms with Crippen LogP contribution in [0.4, 0.5) is 9.93 Å². The number of carbonyl (C=O) groups is 1. The largest absolute Gasteiger partial charge is 0.323 e.